The topological polar surface area (TPSA) is 82.8 Å². The second-order valence-electron chi connectivity index (χ2n) is 5.61. The SMILES string of the molecule is CCC1(C(=O)O)CCN(C(=O)NC(C)c2ccco2)CC1. The van der Waals surface area contributed by atoms with Crippen LogP contribution in [-0.2, 0) is 4.79 Å². The number of furan rings is 1. The molecule has 1 saturated heterocycles. The van der Waals surface area contributed by atoms with Gasteiger partial charge < -0.3 is 19.7 Å². The minimum Gasteiger partial charge on any atom is -0.481 e. The number of piperidine rings is 1. The van der Waals surface area contributed by atoms with Crippen LogP contribution in [0, 0.1) is 5.41 Å². The maximum Gasteiger partial charge on any atom is 0.317 e. The molecule has 0 aliphatic carbocycles. The maximum absolute atomic E-state index is 12.2. The third-order valence-corrected chi connectivity index (χ3v) is 4.45. The van der Waals surface area contributed by atoms with E-state index in [0.717, 1.165) is 0 Å². The zero-order valence-corrected chi connectivity index (χ0v) is 12.5. The van der Waals surface area contributed by atoms with E-state index in [9.17, 15) is 14.7 Å². The van der Waals surface area contributed by atoms with E-state index in [1.54, 1.807) is 17.2 Å². The Labute approximate surface area is 124 Å². The van der Waals surface area contributed by atoms with Gasteiger partial charge in [0.05, 0.1) is 17.7 Å². The first kappa shape index (κ1) is 15.4. The largest absolute Gasteiger partial charge is 0.481 e. The summed E-state index contributed by atoms with van der Waals surface area (Å²) in [6.07, 6.45) is 3.17. The van der Waals surface area contributed by atoms with Crippen LogP contribution in [0.25, 0.3) is 0 Å². The molecule has 21 heavy (non-hydrogen) atoms. The standard InChI is InChI=1S/C15H22N2O4/c1-3-15(13(18)19)6-8-17(9-7-15)14(20)16-11(2)12-5-4-10-21-12/h4-5,10-11H,3,6-9H2,1-2H3,(H,16,20)(H,18,19). The fourth-order valence-electron chi connectivity index (χ4n) is 2.74. The number of nitrogens with zero attached hydrogens (tertiary/aromatic N) is 1. The number of aliphatic carboxylic acids is 1. The first-order valence-electron chi connectivity index (χ1n) is 7.31. The summed E-state index contributed by atoms with van der Waals surface area (Å²) in [6.45, 7) is 4.69. The van der Waals surface area contributed by atoms with Gasteiger partial charge in [0, 0.05) is 13.1 Å². The number of carbonyl (C=O) groups is 2. The molecule has 1 aromatic rings. The molecular weight excluding hydrogens is 272 g/mol. The van der Waals surface area contributed by atoms with Crippen LogP contribution in [0.3, 0.4) is 0 Å². The lowest BCUT2D eigenvalue weighted by atomic mass is 9.76. The summed E-state index contributed by atoms with van der Waals surface area (Å²) in [6, 6.07) is 3.22. The van der Waals surface area contributed by atoms with E-state index < -0.39 is 11.4 Å². The number of hydrogen-bond acceptors (Lipinski definition) is 3. The molecule has 0 aromatic carbocycles. The van der Waals surface area contributed by atoms with E-state index in [1.165, 1.54) is 0 Å². The predicted molar refractivity (Wildman–Crippen MR) is 76.8 cm³/mol. The molecule has 0 bridgehead atoms. The molecule has 6 nitrogen and oxygen atoms in total. The Bertz CT molecular complexity index is 490. The normalized spacial score (nSPS) is 19.0. The summed E-state index contributed by atoms with van der Waals surface area (Å²) < 4.78 is 5.25. The van der Waals surface area contributed by atoms with Gasteiger partial charge in [-0.25, -0.2) is 4.79 Å². The predicted octanol–water partition coefficient (Wildman–Crippen LogP) is 2.63. The lowest BCUT2D eigenvalue weighted by molar-refractivity contribution is -0.151. The first-order valence-corrected chi connectivity index (χ1v) is 7.31. The van der Waals surface area contributed by atoms with Gasteiger partial charge in [-0.05, 0) is 38.3 Å². The molecule has 2 heterocycles. The molecule has 2 rings (SSSR count). The van der Waals surface area contributed by atoms with Crippen LogP contribution in [0.5, 0.6) is 0 Å². The van der Waals surface area contributed by atoms with Gasteiger partial charge in [0.25, 0.3) is 0 Å². The van der Waals surface area contributed by atoms with E-state index >= 15 is 0 Å². The van der Waals surface area contributed by atoms with E-state index in [4.69, 9.17) is 4.42 Å². The number of likely N-dealkylation sites (tertiary alicyclic amines) is 1. The third kappa shape index (κ3) is 3.20. The Balaban J connectivity index is 1.90. The van der Waals surface area contributed by atoms with Crippen molar-refractivity contribution in [1.82, 2.24) is 10.2 Å². The molecule has 1 fully saturated rings. The van der Waals surface area contributed by atoms with Crippen molar-refractivity contribution < 1.29 is 19.1 Å². The van der Waals surface area contributed by atoms with Gasteiger partial charge in [-0.1, -0.05) is 6.92 Å². The Hall–Kier alpha value is -1.98. The second kappa shape index (κ2) is 6.20. The van der Waals surface area contributed by atoms with Gasteiger partial charge in [-0.15, -0.1) is 0 Å². The van der Waals surface area contributed by atoms with Crippen LogP contribution in [0.15, 0.2) is 22.8 Å². The smallest absolute Gasteiger partial charge is 0.317 e. The zero-order valence-electron chi connectivity index (χ0n) is 12.5. The van der Waals surface area contributed by atoms with Gasteiger partial charge in [0.1, 0.15) is 5.76 Å². The molecule has 1 atom stereocenters. The van der Waals surface area contributed by atoms with Crippen molar-refractivity contribution in [2.75, 3.05) is 13.1 Å². The minimum absolute atomic E-state index is 0.172. The van der Waals surface area contributed by atoms with Crippen molar-refractivity contribution in [3.05, 3.63) is 24.2 Å². The van der Waals surface area contributed by atoms with Crippen molar-refractivity contribution >= 4 is 12.0 Å². The average Bonchev–Trinajstić information content (AvgIpc) is 3.01. The molecule has 1 aromatic heterocycles. The highest BCUT2D eigenvalue weighted by atomic mass is 16.4. The molecule has 2 N–H and O–H groups in total. The van der Waals surface area contributed by atoms with Crippen LogP contribution >= 0.6 is 0 Å². The van der Waals surface area contributed by atoms with Gasteiger partial charge in [0.15, 0.2) is 0 Å². The highest BCUT2D eigenvalue weighted by molar-refractivity contribution is 5.77. The van der Waals surface area contributed by atoms with Crippen LogP contribution < -0.4 is 5.32 Å². The van der Waals surface area contributed by atoms with Crippen LogP contribution in [-0.4, -0.2) is 35.1 Å². The second-order valence-corrected chi connectivity index (χ2v) is 5.61. The summed E-state index contributed by atoms with van der Waals surface area (Å²) in [7, 11) is 0. The van der Waals surface area contributed by atoms with Crippen LogP contribution in [0.4, 0.5) is 4.79 Å². The monoisotopic (exact) mass is 294 g/mol. The Morgan fingerprint density at radius 1 is 1.48 bits per heavy atom. The van der Waals surface area contributed by atoms with Crippen molar-refractivity contribution in [2.24, 2.45) is 5.41 Å². The lowest BCUT2D eigenvalue weighted by Gasteiger charge is -2.38. The highest BCUT2D eigenvalue weighted by Gasteiger charge is 2.40. The maximum atomic E-state index is 12.2. The number of carboxylic acids is 1. The summed E-state index contributed by atoms with van der Waals surface area (Å²) >= 11 is 0. The molecule has 2 amide bonds. The van der Waals surface area contributed by atoms with E-state index in [2.05, 4.69) is 5.32 Å². The van der Waals surface area contributed by atoms with Crippen LogP contribution in [0.2, 0.25) is 0 Å². The van der Waals surface area contributed by atoms with Gasteiger partial charge in [-0.2, -0.15) is 0 Å². The Kier molecular flexibility index (Phi) is 4.55. The van der Waals surface area contributed by atoms with Crippen molar-refractivity contribution in [3.63, 3.8) is 0 Å². The van der Waals surface area contributed by atoms with Crippen molar-refractivity contribution in [1.29, 1.82) is 0 Å². The van der Waals surface area contributed by atoms with Crippen molar-refractivity contribution in [3.8, 4) is 0 Å². The molecule has 0 spiro atoms. The van der Waals surface area contributed by atoms with Gasteiger partial charge in [0.2, 0.25) is 0 Å². The molecule has 1 aliphatic heterocycles. The molecule has 1 unspecified atom stereocenters. The quantitative estimate of drug-likeness (QED) is 0.894. The molecule has 0 radical (unpaired) electrons. The van der Waals surface area contributed by atoms with E-state index in [-0.39, 0.29) is 12.1 Å². The number of carboxylic acid groups (broad SMARTS) is 1. The van der Waals surface area contributed by atoms with E-state index in [1.807, 2.05) is 19.9 Å². The van der Waals surface area contributed by atoms with Crippen LogP contribution in [0.1, 0.15) is 44.9 Å². The molecular formula is C15H22N2O4. The number of carbonyl (C=O) groups excluding carboxylic acids is 1. The number of urea groups is 1. The summed E-state index contributed by atoms with van der Waals surface area (Å²) in [4.78, 5) is 25.3. The number of nitrogens with one attached hydrogen (secondary N) is 1. The Morgan fingerprint density at radius 3 is 2.62 bits per heavy atom. The first-order chi connectivity index (χ1) is 9.98. The number of hydrogen-bond donors (Lipinski definition) is 2. The fraction of sp³-hybridized carbons (Fsp3) is 0.600. The lowest BCUT2D eigenvalue weighted by Crippen LogP contribution is -2.49. The molecule has 0 saturated carbocycles. The highest BCUT2D eigenvalue weighted by Crippen LogP contribution is 2.35. The van der Waals surface area contributed by atoms with E-state index in [0.29, 0.717) is 38.1 Å². The minimum atomic E-state index is -0.756. The van der Waals surface area contributed by atoms with Gasteiger partial charge in [-0.3, -0.25) is 4.79 Å². The van der Waals surface area contributed by atoms with Gasteiger partial charge >= 0.3 is 12.0 Å². The zero-order chi connectivity index (χ0) is 15.5. The summed E-state index contributed by atoms with van der Waals surface area (Å²) in [5.74, 6) is -0.0530. The summed E-state index contributed by atoms with van der Waals surface area (Å²) in [5, 5.41) is 12.2. The number of rotatable bonds is 4. The number of amides is 2. The molecule has 1 aliphatic rings. The van der Waals surface area contributed by atoms with Crippen molar-refractivity contribution in [2.45, 2.75) is 39.2 Å². The summed E-state index contributed by atoms with van der Waals surface area (Å²) in [5.41, 5.74) is -0.677. The molecule has 116 valence electrons. The fourth-order valence-corrected chi connectivity index (χ4v) is 2.74. The third-order valence-electron chi connectivity index (χ3n) is 4.45. The molecule has 6 heteroatoms. The average molecular weight is 294 g/mol. The Morgan fingerprint density at radius 2 is 2.14 bits per heavy atom.